The van der Waals surface area contributed by atoms with Crippen LogP contribution < -0.4 is 0 Å². The van der Waals surface area contributed by atoms with Gasteiger partial charge >= 0.3 is 0 Å². The number of hydrogen-bond acceptors (Lipinski definition) is 3. The number of thiophene rings is 1. The highest BCUT2D eigenvalue weighted by atomic mass is 32.1. The van der Waals surface area contributed by atoms with Gasteiger partial charge in [0.05, 0.1) is 0 Å². The van der Waals surface area contributed by atoms with E-state index in [1.165, 1.54) is 4.88 Å². The highest BCUT2D eigenvalue weighted by Crippen LogP contribution is 2.12. The van der Waals surface area contributed by atoms with E-state index in [9.17, 15) is 0 Å². The van der Waals surface area contributed by atoms with Gasteiger partial charge in [-0.25, -0.2) is 0 Å². The Bertz CT molecular complexity index is 261. The molecule has 1 aromatic rings. The summed E-state index contributed by atoms with van der Waals surface area (Å²) in [7, 11) is 1.82. The zero-order valence-electron chi connectivity index (χ0n) is 7.32. The number of likely N-dealkylation sites (N-methyl/N-ethyl adjacent to an activating group) is 1. The van der Waals surface area contributed by atoms with Gasteiger partial charge in [0.15, 0.2) is 6.19 Å². The van der Waals surface area contributed by atoms with E-state index in [0.717, 1.165) is 6.42 Å². The Kier molecular flexibility index (Phi) is 3.12. The molecular formula is C9H12N2S. The van der Waals surface area contributed by atoms with Crippen LogP contribution in [0.25, 0.3) is 0 Å². The maximum Gasteiger partial charge on any atom is 0.179 e. The predicted octanol–water partition coefficient (Wildman–Crippen LogP) is 2.09. The molecule has 0 aliphatic rings. The quantitative estimate of drug-likeness (QED) is 0.526. The van der Waals surface area contributed by atoms with Crippen molar-refractivity contribution in [2.24, 2.45) is 0 Å². The van der Waals surface area contributed by atoms with Crippen LogP contribution in [0.2, 0.25) is 0 Å². The van der Waals surface area contributed by atoms with Gasteiger partial charge in [0.25, 0.3) is 0 Å². The second-order valence-electron chi connectivity index (χ2n) is 2.84. The number of nitrogens with zero attached hydrogens (tertiary/aromatic N) is 2. The molecule has 3 heteroatoms. The van der Waals surface area contributed by atoms with Crippen molar-refractivity contribution in [3.63, 3.8) is 0 Å². The predicted molar refractivity (Wildman–Crippen MR) is 50.9 cm³/mol. The third kappa shape index (κ3) is 2.24. The molecular weight excluding hydrogens is 168 g/mol. The molecule has 2 nitrogen and oxygen atoms in total. The standard InChI is InChI=1S/C9H12N2S/c1-8(11(2)7-10)6-9-4-3-5-12-9/h3-5,8H,6H2,1-2H3. The van der Waals surface area contributed by atoms with Crippen molar-refractivity contribution in [3.8, 4) is 6.19 Å². The van der Waals surface area contributed by atoms with Gasteiger partial charge in [0.1, 0.15) is 0 Å². The van der Waals surface area contributed by atoms with E-state index < -0.39 is 0 Å². The summed E-state index contributed by atoms with van der Waals surface area (Å²) in [6.07, 6.45) is 3.08. The molecule has 1 heterocycles. The Morgan fingerprint density at radius 1 is 1.75 bits per heavy atom. The van der Waals surface area contributed by atoms with Crippen LogP contribution in [0.15, 0.2) is 17.5 Å². The van der Waals surface area contributed by atoms with Crippen LogP contribution in [-0.2, 0) is 6.42 Å². The van der Waals surface area contributed by atoms with E-state index in [4.69, 9.17) is 5.26 Å². The van der Waals surface area contributed by atoms with Crippen LogP contribution in [0.1, 0.15) is 11.8 Å². The summed E-state index contributed by atoms with van der Waals surface area (Å²) >= 11 is 1.74. The van der Waals surface area contributed by atoms with E-state index >= 15 is 0 Å². The van der Waals surface area contributed by atoms with Crippen molar-refractivity contribution in [2.75, 3.05) is 7.05 Å². The molecule has 0 spiro atoms. The Balaban J connectivity index is 2.48. The topological polar surface area (TPSA) is 27.0 Å². The minimum atomic E-state index is 0.300. The molecule has 0 aliphatic carbocycles. The number of nitriles is 1. The van der Waals surface area contributed by atoms with Crippen molar-refractivity contribution in [1.82, 2.24) is 4.90 Å². The Labute approximate surface area is 77.0 Å². The molecule has 0 fully saturated rings. The van der Waals surface area contributed by atoms with Gasteiger partial charge in [0.2, 0.25) is 0 Å². The molecule has 1 rings (SSSR count). The molecule has 12 heavy (non-hydrogen) atoms. The summed E-state index contributed by atoms with van der Waals surface area (Å²) in [4.78, 5) is 3.02. The monoisotopic (exact) mass is 180 g/mol. The summed E-state index contributed by atoms with van der Waals surface area (Å²) in [5, 5.41) is 10.7. The highest BCUT2D eigenvalue weighted by molar-refractivity contribution is 7.09. The van der Waals surface area contributed by atoms with Crippen molar-refractivity contribution >= 4 is 11.3 Å². The smallest absolute Gasteiger partial charge is 0.179 e. The van der Waals surface area contributed by atoms with Gasteiger partial charge in [-0.05, 0) is 18.4 Å². The minimum Gasteiger partial charge on any atom is -0.311 e. The first-order valence-electron chi connectivity index (χ1n) is 3.89. The molecule has 0 amide bonds. The normalized spacial score (nSPS) is 12.1. The molecule has 1 aromatic heterocycles. The van der Waals surface area contributed by atoms with E-state index in [-0.39, 0.29) is 0 Å². The molecule has 0 aliphatic heterocycles. The summed E-state index contributed by atoms with van der Waals surface area (Å²) < 4.78 is 0. The average Bonchev–Trinajstić information content (AvgIpc) is 2.55. The van der Waals surface area contributed by atoms with Crippen molar-refractivity contribution in [2.45, 2.75) is 19.4 Å². The molecule has 64 valence electrons. The molecule has 0 saturated carbocycles. The fraction of sp³-hybridized carbons (Fsp3) is 0.444. The van der Waals surface area contributed by atoms with Crippen LogP contribution in [0.5, 0.6) is 0 Å². The summed E-state index contributed by atoms with van der Waals surface area (Å²) in [5.41, 5.74) is 0. The second-order valence-corrected chi connectivity index (χ2v) is 3.88. The van der Waals surface area contributed by atoms with Gasteiger partial charge in [-0.1, -0.05) is 6.07 Å². The van der Waals surface area contributed by atoms with Gasteiger partial charge < -0.3 is 4.90 Å². The Hall–Kier alpha value is -1.01. The largest absolute Gasteiger partial charge is 0.311 e. The number of hydrogen-bond donors (Lipinski definition) is 0. The maximum absolute atomic E-state index is 8.61. The summed E-state index contributed by atoms with van der Waals surface area (Å²) in [6.45, 7) is 2.06. The second kappa shape index (κ2) is 4.13. The average molecular weight is 180 g/mol. The van der Waals surface area contributed by atoms with Crippen LogP contribution in [0.3, 0.4) is 0 Å². The third-order valence-electron chi connectivity index (χ3n) is 1.90. The van der Waals surface area contributed by atoms with E-state index in [2.05, 4.69) is 24.6 Å². The lowest BCUT2D eigenvalue weighted by atomic mass is 10.2. The zero-order valence-corrected chi connectivity index (χ0v) is 8.14. The van der Waals surface area contributed by atoms with Gasteiger partial charge in [0, 0.05) is 24.4 Å². The van der Waals surface area contributed by atoms with Crippen molar-refractivity contribution < 1.29 is 0 Å². The SMILES string of the molecule is CC(Cc1cccs1)N(C)C#N. The molecule has 0 bridgehead atoms. The molecule has 0 saturated heterocycles. The lowest BCUT2D eigenvalue weighted by molar-refractivity contribution is 0.366. The van der Waals surface area contributed by atoms with Crippen LogP contribution >= 0.6 is 11.3 Å². The van der Waals surface area contributed by atoms with E-state index in [1.807, 2.05) is 13.1 Å². The lowest BCUT2D eigenvalue weighted by Gasteiger charge is -2.17. The number of rotatable bonds is 3. The van der Waals surface area contributed by atoms with Crippen molar-refractivity contribution in [1.29, 1.82) is 5.26 Å². The highest BCUT2D eigenvalue weighted by Gasteiger charge is 2.07. The first-order chi connectivity index (χ1) is 5.74. The lowest BCUT2D eigenvalue weighted by Crippen LogP contribution is -2.25. The summed E-state index contributed by atoms with van der Waals surface area (Å²) in [6, 6.07) is 4.44. The maximum atomic E-state index is 8.61. The molecule has 0 radical (unpaired) electrons. The fourth-order valence-corrected chi connectivity index (χ4v) is 1.78. The summed E-state index contributed by atoms with van der Waals surface area (Å²) in [5.74, 6) is 0. The molecule has 0 aromatic carbocycles. The Morgan fingerprint density at radius 2 is 2.50 bits per heavy atom. The molecule has 1 atom stereocenters. The third-order valence-corrected chi connectivity index (χ3v) is 2.79. The van der Waals surface area contributed by atoms with E-state index in [1.54, 1.807) is 16.2 Å². The van der Waals surface area contributed by atoms with Gasteiger partial charge in [-0.2, -0.15) is 5.26 Å². The zero-order chi connectivity index (χ0) is 8.97. The minimum absolute atomic E-state index is 0.300. The molecule has 1 unspecified atom stereocenters. The van der Waals surface area contributed by atoms with Crippen LogP contribution in [0.4, 0.5) is 0 Å². The first kappa shape index (κ1) is 9.08. The van der Waals surface area contributed by atoms with Gasteiger partial charge in [-0.3, -0.25) is 0 Å². The first-order valence-corrected chi connectivity index (χ1v) is 4.77. The fourth-order valence-electron chi connectivity index (χ4n) is 0.955. The van der Waals surface area contributed by atoms with Crippen LogP contribution in [-0.4, -0.2) is 18.0 Å². The molecule has 0 N–H and O–H groups in total. The Morgan fingerprint density at radius 3 is 3.00 bits per heavy atom. The van der Waals surface area contributed by atoms with Gasteiger partial charge in [-0.15, -0.1) is 11.3 Å². The van der Waals surface area contributed by atoms with Crippen LogP contribution in [0, 0.1) is 11.5 Å². The van der Waals surface area contributed by atoms with Crippen molar-refractivity contribution in [3.05, 3.63) is 22.4 Å². The van der Waals surface area contributed by atoms with E-state index in [0.29, 0.717) is 6.04 Å².